The van der Waals surface area contributed by atoms with Crippen LogP contribution in [0.15, 0.2) is 12.1 Å². The predicted octanol–water partition coefficient (Wildman–Crippen LogP) is 1.31. The summed E-state index contributed by atoms with van der Waals surface area (Å²) in [7, 11) is 0. The van der Waals surface area contributed by atoms with Crippen LogP contribution in [0.3, 0.4) is 0 Å². The Balaban J connectivity index is 2.15. The fourth-order valence-corrected chi connectivity index (χ4v) is 2.11. The Morgan fingerprint density at radius 2 is 2.31 bits per heavy atom. The van der Waals surface area contributed by atoms with Gasteiger partial charge in [-0.1, -0.05) is 0 Å². The van der Waals surface area contributed by atoms with Gasteiger partial charge in [0.25, 0.3) is 0 Å². The predicted molar refractivity (Wildman–Crippen MR) is 68.6 cm³/mol. The van der Waals surface area contributed by atoms with Crippen molar-refractivity contribution in [1.29, 1.82) is 0 Å². The van der Waals surface area contributed by atoms with E-state index in [2.05, 4.69) is 10.6 Å². The summed E-state index contributed by atoms with van der Waals surface area (Å²) >= 11 is 1.89. The van der Waals surface area contributed by atoms with E-state index in [0.29, 0.717) is 27.9 Å². The van der Waals surface area contributed by atoms with Gasteiger partial charge in [0.05, 0.1) is 21.0 Å². The van der Waals surface area contributed by atoms with E-state index in [1.807, 2.05) is 22.6 Å². The number of amides is 1. The number of hydrogen-bond acceptors (Lipinski definition) is 3. The van der Waals surface area contributed by atoms with Crippen LogP contribution in [-0.2, 0) is 4.79 Å². The normalized spacial score (nSPS) is 19.6. The van der Waals surface area contributed by atoms with Gasteiger partial charge in [-0.25, -0.2) is 4.39 Å². The van der Waals surface area contributed by atoms with Crippen LogP contribution in [0.5, 0.6) is 0 Å². The third kappa shape index (κ3) is 2.37. The number of nitrogens with two attached hydrogens (primary N) is 1. The molecule has 1 aliphatic heterocycles. The van der Waals surface area contributed by atoms with Crippen LogP contribution in [0, 0.1) is 9.39 Å². The Hall–Kier alpha value is -1.05. The summed E-state index contributed by atoms with van der Waals surface area (Å²) in [5.74, 6) is -0.309. The molecular formula is C10H11FIN3O. The average molecular weight is 335 g/mol. The number of rotatable bonds is 2. The molecule has 86 valence electrons. The van der Waals surface area contributed by atoms with Crippen LogP contribution in [0.1, 0.15) is 6.42 Å². The van der Waals surface area contributed by atoms with Crippen LogP contribution in [0.2, 0.25) is 0 Å². The summed E-state index contributed by atoms with van der Waals surface area (Å²) in [4.78, 5) is 11.0. The molecule has 0 aromatic heterocycles. The Bertz CT molecular complexity index is 438. The highest BCUT2D eigenvalue weighted by atomic mass is 127. The summed E-state index contributed by atoms with van der Waals surface area (Å²) in [6, 6.07) is 2.91. The SMILES string of the molecule is Nc1cc(I)c(F)cc1NC1CNC(=O)C1. The number of anilines is 2. The topological polar surface area (TPSA) is 67.2 Å². The average Bonchev–Trinajstić information content (AvgIpc) is 2.60. The minimum atomic E-state index is -0.311. The monoisotopic (exact) mass is 335 g/mol. The lowest BCUT2D eigenvalue weighted by Gasteiger charge is -2.14. The second-order valence-electron chi connectivity index (χ2n) is 3.70. The van der Waals surface area contributed by atoms with E-state index in [1.54, 1.807) is 6.07 Å². The first-order valence-electron chi connectivity index (χ1n) is 4.84. The van der Waals surface area contributed by atoms with Gasteiger partial charge in [0, 0.05) is 19.0 Å². The highest BCUT2D eigenvalue weighted by Crippen LogP contribution is 2.25. The van der Waals surface area contributed by atoms with Crippen molar-refractivity contribution in [3.8, 4) is 0 Å². The number of nitrogens with one attached hydrogen (secondary N) is 2. The maximum atomic E-state index is 13.3. The van der Waals surface area contributed by atoms with E-state index in [-0.39, 0.29) is 17.8 Å². The highest BCUT2D eigenvalue weighted by Gasteiger charge is 2.21. The minimum Gasteiger partial charge on any atom is -0.397 e. The molecule has 16 heavy (non-hydrogen) atoms. The second kappa shape index (κ2) is 4.44. The zero-order valence-electron chi connectivity index (χ0n) is 8.39. The smallest absolute Gasteiger partial charge is 0.222 e. The quantitative estimate of drug-likeness (QED) is 0.564. The lowest BCUT2D eigenvalue weighted by Crippen LogP contribution is -2.23. The van der Waals surface area contributed by atoms with Crippen molar-refractivity contribution >= 4 is 39.9 Å². The maximum absolute atomic E-state index is 13.3. The molecule has 0 saturated carbocycles. The zero-order valence-corrected chi connectivity index (χ0v) is 10.5. The summed E-state index contributed by atoms with van der Waals surface area (Å²) in [5.41, 5.74) is 6.80. The van der Waals surface area contributed by atoms with Crippen molar-refractivity contribution in [3.63, 3.8) is 0 Å². The molecule has 0 radical (unpaired) electrons. The lowest BCUT2D eigenvalue weighted by molar-refractivity contribution is -0.119. The van der Waals surface area contributed by atoms with E-state index < -0.39 is 0 Å². The molecule has 1 heterocycles. The molecule has 1 unspecified atom stereocenters. The number of carbonyl (C=O) groups is 1. The molecule has 1 saturated heterocycles. The van der Waals surface area contributed by atoms with E-state index in [4.69, 9.17) is 5.73 Å². The summed E-state index contributed by atoms with van der Waals surface area (Å²) in [6.07, 6.45) is 0.396. The minimum absolute atomic E-state index is 0.00190. The molecule has 1 amide bonds. The molecule has 1 aromatic rings. The van der Waals surface area contributed by atoms with Gasteiger partial charge >= 0.3 is 0 Å². The number of nitrogen functional groups attached to an aromatic ring is 1. The first kappa shape index (κ1) is 11.4. The summed E-state index contributed by atoms with van der Waals surface area (Å²) in [6.45, 7) is 0.547. The highest BCUT2D eigenvalue weighted by molar-refractivity contribution is 14.1. The first-order valence-corrected chi connectivity index (χ1v) is 5.92. The second-order valence-corrected chi connectivity index (χ2v) is 4.87. The third-order valence-electron chi connectivity index (χ3n) is 2.43. The van der Waals surface area contributed by atoms with Gasteiger partial charge in [0.15, 0.2) is 0 Å². The van der Waals surface area contributed by atoms with E-state index >= 15 is 0 Å². The molecular weight excluding hydrogens is 324 g/mol. The van der Waals surface area contributed by atoms with Crippen molar-refractivity contribution in [1.82, 2.24) is 5.32 Å². The molecule has 1 atom stereocenters. The van der Waals surface area contributed by atoms with Gasteiger partial charge in [0.1, 0.15) is 5.82 Å². The van der Waals surface area contributed by atoms with Gasteiger partial charge in [-0.3, -0.25) is 4.79 Å². The van der Waals surface area contributed by atoms with Crippen molar-refractivity contribution in [3.05, 3.63) is 21.5 Å². The molecule has 0 aliphatic carbocycles. The zero-order chi connectivity index (χ0) is 11.7. The molecule has 1 aliphatic rings. The van der Waals surface area contributed by atoms with Gasteiger partial charge in [-0.15, -0.1) is 0 Å². The van der Waals surface area contributed by atoms with E-state index in [1.165, 1.54) is 6.07 Å². The number of halogens is 2. The summed E-state index contributed by atoms with van der Waals surface area (Å²) in [5, 5.41) is 5.75. The molecule has 1 aromatic carbocycles. The van der Waals surface area contributed by atoms with Crippen LogP contribution in [0.25, 0.3) is 0 Å². The third-order valence-corrected chi connectivity index (χ3v) is 3.26. The summed E-state index contributed by atoms with van der Waals surface area (Å²) < 4.78 is 13.8. The van der Waals surface area contributed by atoms with Crippen LogP contribution < -0.4 is 16.4 Å². The van der Waals surface area contributed by atoms with Crippen molar-refractivity contribution in [2.45, 2.75) is 12.5 Å². The number of hydrogen-bond donors (Lipinski definition) is 3. The largest absolute Gasteiger partial charge is 0.397 e. The van der Waals surface area contributed by atoms with Crippen LogP contribution in [0.4, 0.5) is 15.8 Å². The first-order chi connectivity index (χ1) is 7.56. The van der Waals surface area contributed by atoms with Crippen LogP contribution >= 0.6 is 22.6 Å². The Labute approximate surface area is 106 Å². The molecule has 2 rings (SSSR count). The molecule has 4 nitrogen and oxygen atoms in total. The van der Waals surface area contributed by atoms with Gasteiger partial charge < -0.3 is 16.4 Å². The number of benzene rings is 1. The van der Waals surface area contributed by atoms with E-state index in [0.717, 1.165) is 0 Å². The van der Waals surface area contributed by atoms with Crippen LogP contribution in [-0.4, -0.2) is 18.5 Å². The molecule has 1 fully saturated rings. The Morgan fingerprint density at radius 3 is 2.94 bits per heavy atom. The van der Waals surface area contributed by atoms with E-state index in [9.17, 15) is 9.18 Å². The van der Waals surface area contributed by atoms with Gasteiger partial charge in [0.2, 0.25) is 5.91 Å². The number of carbonyl (C=O) groups excluding carboxylic acids is 1. The fraction of sp³-hybridized carbons (Fsp3) is 0.300. The van der Waals surface area contributed by atoms with Crippen molar-refractivity contribution < 1.29 is 9.18 Å². The van der Waals surface area contributed by atoms with Gasteiger partial charge in [-0.2, -0.15) is 0 Å². The molecule has 0 spiro atoms. The van der Waals surface area contributed by atoms with Crippen molar-refractivity contribution in [2.75, 3.05) is 17.6 Å². The Morgan fingerprint density at radius 1 is 1.56 bits per heavy atom. The van der Waals surface area contributed by atoms with Crippen molar-refractivity contribution in [2.24, 2.45) is 0 Å². The standard InChI is InChI=1S/C10H11FIN3O/c11-6-2-9(8(13)3-7(6)12)15-5-1-10(16)14-4-5/h2-3,5,15H,1,4,13H2,(H,14,16). The van der Waals surface area contributed by atoms with Gasteiger partial charge in [-0.05, 0) is 28.7 Å². The fourth-order valence-electron chi connectivity index (χ4n) is 1.61. The molecule has 4 N–H and O–H groups in total. The molecule has 0 bridgehead atoms. The Kier molecular flexibility index (Phi) is 3.17. The molecule has 6 heteroatoms. The lowest BCUT2D eigenvalue weighted by atomic mass is 10.2. The maximum Gasteiger partial charge on any atom is 0.222 e.